The van der Waals surface area contributed by atoms with Crippen molar-refractivity contribution in [3.8, 4) is 0 Å². The summed E-state index contributed by atoms with van der Waals surface area (Å²) < 4.78 is 11.2. The van der Waals surface area contributed by atoms with Crippen molar-refractivity contribution in [2.45, 2.75) is 19.1 Å². The van der Waals surface area contributed by atoms with E-state index in [-0.39, 0.29) is 12.1 Å². The van der Waals surface area contributed by atoms with E-state index < -0.39 is 0 Å². The summed E-state index contributed by atoms with van der Waals surface area (Å²) in [5.41, 5.74) is 0.960. The van der Waals surface area contributed by atoms with E-state index in [0.29, 0.717) is 29.9 Å². The summed E-state index contributed by atoms with van der Waals surface area (Å²) >= 11 is 12.3. The van der Waals surface area contributed by atoms with Crippen molar-refractivity contribution in [3.63, 3.8) is 0 Å². The number of benzene rings is 1. The van der Waals surface area contributed by atoms with E-state index in [4.69, 9.17) is 32.7 Å². The second-order valence-electron chi connectivity index (χ2n) is 4.16. The Morgan fingerprint density at radius 1 is 1.39 bits per heavy atom. The molecule has 100 valence electrons. The van der Waals surface area contributed by atoms with E-state index in [1.807, 2.05) is 12.1 Å². The number of halogens is 2. The minimum atomic E-state index is -0.0327. The van der Waals surface area contributed by atoms with Crippen LogP contribution in [0.1, 0.15) is 18.5 Å². The molecular formula is C13H17Cl2NO2. The van der Waals surface area contributed by atoms with Gasteiger partial charge in [0.2, 0.25) is 0 Å². The van der Waals surface area contributed by atoms with Gasteiger partial charge in [0, 0.05) is 0 Å². The Morgan fingerprint density at radius 3 is 2.89 bits per heavy atom. The minimum absolute atomic E-state index is 0.00139. The Bertz CT molecular complexity index is 395. The van der Waals surface area contributed by atoms with Gasteiger partial charge in [-0.25, -0.2) is 0 Å². The average molecular weight is 290 g/mol. The zero-order valence-electron chi connectivity index (χ0n) is 10.3. The Hall–Kier alpha value is -0.320. The molecule has 1 aromatic carbocycles. The summed E-state index contributed by atoms with van der Waals surface area (Å²) in [6, 6.07) is 5.66. The van der Waals surface area contributed by atoms with Crippen LogP contribution in [0.25, 0.3) is 0 Å². The lowest BCUT2D eigenvalue weighted by Gasteiger charge is -2.31. The highest BCUT2D eigenvalue weighted by Crippen LogP contribution is 2.32. The van der Waals surface area contributed by atoms with Gasteiger partial charge in [0.25, 0.3) is 0 Å². The summed E-state index contributed by atoms with van der Waals surface area (Å²) in [4.78, 5) is 0. The molecule has 1 aliphatic heterocycles. The minimum Gasteiger partial charge on any atom is -0.376 e. The van der Waals surface area contributed by atoms with Gasteiger partial charge < -0.3 is 14.8 Å². The maximum atomic E-state index is 6.27. The topological polar surface area (TPSA) is 30.5 Å². The smallest absolute Gasteiger partial charge is 0.100 e. The van der Waals surface area contributed by atoms with Gasteiger partial charge in [-0.2, -0.15) is 0 Å². The van der Waals surface area contributed by atoms with Crippen molar-refractivity contribution in [1.29, 1.82) is 0 Å². The second-order valence-corrected chi connectivity index (χ2v) is 4.95. The first-order valence-corrected chi connectivity index (χ1v) is 6.86. The SMILES string of the molecule is CCNC(c1cccc(Cl)c1Cl)C1COCCO1. The number of hydrogen-bond donors (Lipinski definition) is 1. The monoisotopic (exact) mass is 289 g/mol. The molecule has 1 saturated heterocycles. The van der Waals surface area contributed by atoms with Crippen LogP contribution in [-0.4, -0.2) is 32.5 Å². The molecule has 0 bridgehead atoms. The normalized spacial score (nSPS) is 21.8. The third-order valence-electron chi connectivity index (χ3n) is 2.95. The molecule has 0 radical (unpaired) electrons. The molecule has 0 saturated carbocycles. The van der Waals surface area contributed by atoms with E-state index in [9.17, 15) is 0 Å². The molecule has 2 unspecified atom stereocenters. The molecule has 1 aliphatic rings. The lowest BCUT2D eigenvalue weighted by Crippen LogP contribution is -2.40. The Kier molecular flexibility index (Phi) is 5.27. The fourth-order valence-electron chi connectivity index (χ4n) is 2.12. The molecule has 2 rings (SSSR count). The summed E-state index contributed by atoms with van der Waals surface area (Å²) in [6.45, 7) is 4.71. The molecule has 1 heterocycles. The van der Waals surface area contributed by atoms with E-state index in [1.54, 1.807) is 6.07 Å². The van der Waals surface area contributed by atoms with E-state index in [1.165, 1.54) is 0 Å². The van der Waals surface area contributed by atoms with Crippen LogP contribution < -0.4 is 5.32 Å². The third-order valence-corrected chi connectivity index (χ3v) is 3.79. The van der Waals surface area contributed by atoms with Crippen molar-refractivity contribution in [2.75, 3.05) is 26.4 Å². The molecule has 3 nitrogen and oxygen atoms in total. The third kappa shape index (κ3) is 3.16. The maximum Gasteiger partial charge on any atom is 0.100 e. The number of hydrogen-bond acceptors (Lipinski definition) is 3. The molecule has 1 aromatic rings. The Morgan fingerprint density at radius 2 is 2.22 bits per heavy atom. The van der Waals surface area contributed by atoms with Crippen LogP contribution in [0.5, 0.6) is 0 Å². The maximum absolute atomic E-state index is 6.27. The highest BCUT2D eigenvalue weighted by molar-refractivity contribution is 6.42. The van der Waals surface area contributed by atoms with Gasteiger partial charge in [-0.15, -0.1) is 0 Å². The van der Waals surface area contributed by atoms with Gasteiger partial charge in [0.05, 0.1) is 35.9 Å². The van der Waals surface area contributed by atoms with Crippen LogP contribution >= 0.6 is 23.2 Å². The zero-order chi connectivity index (χ0) is 13.0. The molecule has 0 aromatic heterocycles. The number of likely N-dealkylation sites (N-methyl/N-ethyl adjacent to an activating group) is 1. The Labute approximate surface area is 117 Å². The second kappa shape index (κ2) is 6.73. The van der Waals surface area contributed by atoms with Crippen LogP contribution in [-0.2, 0) is 9.47 Å². The van der Waals surface area contributed by atoms with E-state index in [0.717, 1.165) is 12.1 Å². The van der Waals surface area contributed by atoms with Crippen molar-refractivity contribution >= 4 is 23.2 Å². The fraction of sp³-hybridized carbons (Fsp3) is 0.538. The van der Waals surface area contributed by atoms with Crippen LogP contribution in [0.15, 0.2) is 18.2 Å². The number of ether oxygens (including phenoxy) is 2. The molecule has 18 heavy (non-hydrogen) atoms. The van der Waals surface area contributed by atoms with Crippen LogP contribution in [0.2, 0.25) is 10.0 Å². The highest BCUT2D eigenvalue weighted by Gasteiger charge is 2.27. The fourth-order valence-corrected chi connectivity index (χ4v) is 2.55. The van der Waals surface area contributed by atoms with Gasteiger partial charge >= 0.3 is 0 Å². The standard InChI is InChI=1S/C13H17Cl2NO2/c1-2-16-13(11-8-17-6-7-18-11)9-4-3-5-10(14)12(9)15/h3-5,11,13,16H,2,6-8H2,1H3. The lowest BCUT2D eigenvalue weighted by molar-refractivity contribution is -0.102. The predicted octanol–water partition coefficient (Wildman–Crippen LogP) is 3.06. The Balaban J connectivity index is 2.25. The average Bonchev–Trinajstić information content (AvgIpc) is 2.41. The summed E-state index contributed by atoms with van der Waals surface area (Å²) in [6.07, 6.45) is -0.0327. The van der Waals surface area contributed by atoms with Crippen molar-refractivity contribution < 1.29 is 9.47 Å². The van der Waals surface area contributed by atoms with Gasteiger partial charge in [-0.1, -0.05) is 42.3 Å². The quantitative estimate of drug-likeness (QED) is 0.924. The lowest BCUT2D eigenvalue weighted by atomic mass is 10.0. The number of rotatable bonds is 4. The van der Waals surface area contributed by atoms with Crippen molar-refractivity contribution in [1.82, 2.24) is 5.32 Å². The van der Waals surface area contributed by atoms with Crippen molar-refractivity contribution in [2.24, 2.45) is 0 Å². The van der Waals surface area contributed by atoms with Gasteiger partial charge in [-0.05, 0) is 18.2 Å². The van der Waals surface area contributed by atoms with Crippen LogP contribution in [0, 0.1) is 0 Å². The molecule has 0 aliphatic carbocycles. The molecule has 1 fully saturated rings. The van der Waals surface area contributed by atoms with Gasteiger partial charge in [0.15, 0.2) is 0 Å². The molecule has 1 N–H and O–H groups in total. The first kappa shape index (κ1) is 14.1. The number of nitrogens with one attached hydrogen (secondary N) is 1. The van der Waals surface area contributed by atoms with Gasteiger partial charge in [-0.3, -0.25) is 0 Å². The van der Waals surface area contributed by atoms with Crippen LogP contribution in [0.3, 0.4) is 0 Å². The summed E-state index contributed by atoms with van der Waals surface area (Å²) in [5, 5.41) is 4.53. The van der Waals surface area contributed by atoms with Gasteiger partial charge in [0.1, 0.15) is 6.10 Å². The van der Waals surface area contributed by atoms with Crippen molar-refractivity contribution in [3.05, 3.63) is 33.8 Å². The molecule has 5 heteroatoms. The van der Waals surface area contributed by atoms with E-state index in [2.05, 4.69) is 12.2 Å². The molecule has 2 atom stereocenters. The van der Waals surface area contributed by atoms with Crippen LogP contribution in [0.4, 0.5) is 0 Å². The molecule has 0 spiro atoms. The molecule has 0 amide bonds. The first-order valence-electron chi connectivity index (χ1n) is 6.10. The largest absolute Gasteiger partial charge is 0.376 e. The molecular weight excluding hydrogens is 273 g/mol. The summed E-state index contributed by atoms with van der Waals surface area (Å²) in [5.74, 6) is 0. The van der Waals surface area contributed by atoms with E-state index >= 15 is 0 Å². The predicted molar refractivity (Wildman–Crippen MR) is 73.4 cm³/mol. The zero-order valence-corrected chi connectivity index (χ0v) is 11.8. The highest BCUT2D eigenvalue weighted by atomic mass is 35.5. The first-order chi connectivity index (χ1) is 8.74. The summed E-state index contributed by atoms with van der Waals surface area (Å²) in [7, 11) is 0.